The lowest BCUT2D eigenvalue weighted by Gasteiger charge is -2.15. The Kier molecular flexibility index (Phi) is 25.6. The van der Waals surface area contributed by atoms with Gasteiger partial charge in [0.05, 0.1) is 0 Å². The molecule has 0 aromatic carbocycles. The van der Waals surface area contributed by atoms with Crippen LogP contribution in [0.4, 0.5) is 0 Å². The van der Waals surface area contributed by atoms with E-state index in [4.69, 9.17) is 0 Å². The van der Waals surface area contributed by atoms with Crippen molar-refractivity contribution in [2.24, 2.45) is 17.8 Å². The van der Waals surface area contributed by atoms with Crippen LogP contribution in [0.25, 0.3) is 0 Å². The summed E-state index contributed by atoms with van der Waals surface area (Å²) in [5.74, 6) is 2.86. The Morgan fingerprint density at radius 1 is 0.281 bits per heavy atom. The zero-order chi connectivity index (χ0) is 23.7. The second-order valence-corrected chi connectivity index (χ2v) is 11.7. The average Bonchev–Trinajstić information content (AvgIpc) is 2.77. The van der Waals surface area contributed by atoms with Crippen molar-refractivity contribution in [3.8, 4) is 0 Å². The fraction of sp³-hybridized carbons (Fsp3) is 1.00. The third-order valence-electron chi connectivity index (χ3n) is 7.89. The first-order valence-electron chi connectivity index (χ1n) is 15.6. The molecule has 3 unspecified atom stereocenters. The van der Waals surface area contributed by atoms with E-state index in [-0.39, 0.29) is 0 Å². The van der Waals surface area contributed by atoms with E-state index in [2.05, 4.69) is 34.6 Å². The van der Waals surface area contributed by atoms with Gasteiger partial charge in [-0.15, -0.1) is 0 Å². The van der Waals surface area contributed by atoms with Crippen molar-refractivity contribution < 1.29 is 0 Å². The van der Waals surface area contributed by atoms with Gasteiger partial charge in [0.2, 0.25) is 0 Å². The van der Waals surface area contributed by atoms with Gasteiger partial charge in [0.1, 0.15) is 0 Å². The first kappa shape index (κ1) is 32.0. The van der Waals surface area contributed by atoms with E-state index < -0.39 is 0 Å². The summed E-state index contributed by atoms with van der Waals surface area (Å²) >= 11 is 0. The van der Waals surface area contributed by atoms with Gasteiger partial charge in [-0.1, -0.05) is 189 Å². The van der Waals surface area contributed by atoms with Crippen molar-refractivity contribution in [2.75, 3.05) is 0 Å². The SMILES string of the molecule is CCCCCCCCCCC(C)CCCC(C)CCCCCC(C)CCCCCCCC. The van der Waals surface area contributed by atoms with Gasteiger partial charge < -0.3 is 0 Å². The Hall–Kier alpha value is 0. The van der Waals surface area contributed by atoms with Gasteiger partial charge in [-0.05, 0) is 17.8 Å². The van der Waals surface area contributed by atoms with Gasteiger partial charge >= 0.3 is 0 Å². The molecule has 0 heterocycles. The van der Waals surface area contributed by atoms with Crippen LogP contribution < -0.4 is 0 Å². The Bertz CT molecular complexity index is 333. The van der Waals surface area contributed by atoms with Crippen LogP contribution >= 0.6 is 0 Å². The maximum atomic E-state index is 2.50. The molecule has 0 radical (unpaired) electrons. The monoisotopic (exact) mass is 451 g/mol. The van der Waals surface area contributed by atoms with Gasteiger partial charge in [-0.3, -0.25) is 0 Å². The molecule has 0 aliphatic rings. The number of hydrogen-bond acceptors (Lipinski definition) is 0. The fourth-order valence-corrected chi connectivity index (χ4v) is 5.31. The quantitative estimate of drug-likeness (QED) is 0.115. The molecule has 0 aromatic heterocycles. The van der Waals surface area contributed by atoms with Crippen LogP contribution in [-0.2, 0) is 0 Å². The van der Waals surface area contributed by atoms with Crippen molar-refractivity contribution in [3.63, 3.8) is 0 Å². The van der Waals surface area contributed by atoms with Gasteiger partial charge in [-0.2, -0.15) is 0 Å². The largest absolute Gasteiger partial charge is 0.0654 e. The van der Waals surface area contributed by atoms with Crippen molar-refractivity contribution in [1.82, 2.24) is 0 Å². The fourth-order valence-electron chi connectivity index (χ4n) is 5.31. The maximum absolute atomic E-state index is 2.50. The Morgan fingerprint density at radius 3 is 0.812 bits per heavy atom. The van der Waals surface area contributed by atoms with Crippen LogP contribution in [0.2, 0.25) is 0 Å². The predicted molar refractivity (Wildman–Crippen MR) is 150 cm³/mol. The van der Waals surface area contributed by atoms with E-state index in [0.29, 0.717) is 0 Å². The lowest BCUT2D eigenvalue weighted by atomic mass is 9.91. The van der Waals surface area contributed by atoms with Gasteiger partial charge in [0, 0.05) is 0 Å². The van der Waals surface area contributed by atoms with Crippen molar-refractivity contribution in [2.45, 2.75) is 189 Å². The molecule has 3 atom stereocenters. The normalized spacial score (nSPS) is 14.5. The van der Waals surface area contributed by atoms with Crippen LogP contribution in [0.1, 0.15) is 189 Å². The smallest absolute Gasteiger partial charge is 0.0443 e. The Labute approximate surface area is 206 Å². The minimum atomic E-state index is 0.950. The predicted octanol–water partition coefficient (Wildman–Crippen LogP) is 12.3. The molecule has 32 heavy (non-hydrogen) atoms. The highest BCUT2D eigenvalue weighted by atomic mass is 14.1. The van der Waals surface area contributed by atoms with Crippen LogP contribution in [0.3, 0.4) is 0 Å². The van der Waals surface area contributed by atoms with Crippen molar-refractivity contribution in [3.05, 3.63) is 0 Å². The zero-order valence-electron chi connectivity index (χ0n) is 23.7. The lowest BCUT2D eigenvalue weighted by Crippen LogP contribution is -2.00. The molecule has 0 aliphatic carbocycles. The molecular formula is C32H66. The molecular weight excluding hydrogens is 384 g/mol. The molecule has 0 saturated heterocycles. The van der Waals surface area contributed by atoms with E-state index in [1.165, 1.54) is 154 Å². The summed E-state index contributed by atoms with van der Waals surface area (Å²) in [5.41, 5.74) is 0. The van der Waals surface area contributed by atoms with Gasteiger partial charge in [-0.25, -0.2) is 0 Å². The molecule has 0 heteroatoms. The Balaban J connectivity index is 3.38. The molecule has 0 rings (SSSR count). The first-order valence-corrected chi connectivity index (χ1v) is 15.6. The zero-order valence-corrected chi connectivity index (χ0v) is 23.7. The molecule has 0 N–H and O–H groups in total. The second kappa shape index (κ2) is 25.6. The molecule has 0 amide bonds. The summed E-state index contributed by atoms with van der Waals surface area (Å²) in [6.07, 6.45) is 35.0. The van der Waals surface area contributed by atoms with E-state index >= 15 is 0 Å². The Morgan fingerprint density at radius 2 is 0.500 bits per heavy atom. The van der Waals surface area contributed by atoms with E-state index in [9.17, 15) is 0 Å². The number of hydrogen-bond donors (Lipinski definition) is 0. The lowest BCUT2D eigenvalue weighted by molar-refractivity contribution is 0.385. The average molecular weight is 451 g/mol. The van der Waals surface area contributed by atoms with Crippen LogP contribution in [0, 0.1) is 17.8 Å². The summed E-state index contributed by atoms with van der Waals surface area (Å²) in [7, 11) is 0. The topological polar surface area (TPSA) is 0 Å². The van der Waals surface area contributed by atoms with E-state index in [0.717, 1.165) is 17.8 Å². The van der Waals surface area contributed by atoms with Gasteiger partial charge in [0.15, 0.2) is 0 Å². The highest BCUT2D eigenvalue weighted by Gasteiger charge is 2.07. The molecule has 0 aromatic rings. The summed E-state index contributed by atoms with van der Waals surface area (Å²) in [5, 5.41) is 0. The molecule has 194 valence electrons. The third kappa shape index (κ3) is 24.6. The molecule has 0 nitrogen and oxygen atoms in total. The van der Waals surface area contributed by atoms with E-state index in [1.54, 1.807) is 0 Å². The summed E-state index contributed by atoms with van der Waals surface area (Å²) in [6.45, 7) is 12.1. The summed E-state index contributed by atoms with van der Waals surface area (Å²) in [4.78, 5) is 0. The van der Waals surface area contributed by atoms with E-state index in [1.807, 2.05) is 0 Å². The number of unbranched alkanes of at least 4 members (excludes halogenated alkanes) is 14. The molecule has 0 saturated carbocycles. The number of rotatable bonds is 26. The maximum Gasteiger partial charge on any atom is -0.0443 e. The summed E-state index contributed by atoms with van der Waals surface area (Å²) in [6, 6.07) is 0. The minimum Gasteiger partial charge on any atom is -0.0654 e. The minimum absolute atomic E-state index is 0.950. The van der Waals surface area contributed by atoms with Crippen LogP contribution in [0.5, 0.6) is 0 Å². The molecule has 0 aliphatic heterocycles. The second-order valence-electron chi connectivity index (χ2n) is 11.7. The van der Waals surface area contributed by atoms with Gasteiger partial charge in [0.25, 0.3) is 0 Å². The van der Waals surface area contributed by atoms with Crippen LogP contribution in [-0.4, -0.2) is 0 Å². The van der Waals surface area contributed by atoms with Crippen molar-refractivity contribution >= 4 is 0 Å². The molecule has 0 fully saturated rings. The highest BCUT2D eigenvalue weighted by molar-refractivity contribution is 4.60. The molecule has 0 spiro atoms. The summed E-state index contributed by atoms with van der Waals surface area (Å²) < 4.78 is 0. The first-order chi connectivity index (χ1) is 15.6. The standard InChI is InChI=1S/C32H66/c1-6-8-10-12-14-15-17-20-25-31(4)28-23-29-32(5)27-22-18-21-26-30(3)24-19-16-13-11-9-7-2/h30-32H,6-29H2,1-5H3. The third-order valence-corrected chi connectivity index (χ3v) is 7.89. The van der Waals surface area contributed by atoms with Crippen molar-refractivity contribution in [1.29, 1.82) is 0 Å². The van der Waals surface area contributed by atoms with Crippen LogP contribution in [0.15, 0.2) is 0 Å². The highest BCUT2D eigenvalue weighted by Crippen LogP contribution is 2.23. The molecule has 0 bridgehead atoms.